The average Bonchev–Trinajstić information content (AvgIpc) is 3.15. The molecule has 5 nitrogen and oxygen atoms in total. The quantitative estimate of drug-likeness (QED) is 0.596. The van der Waals surface area contributed by atoms with Gasteiger partial charge in [0.15, 0.2) is 0 Å². The van der Waals surface area contributed by atoms with Gasteiger partial charge in [-0.15, -0.1) is 23.7 Å². The fourth-order valence-electron chi connectivity index (χ4n) is 3.47. The second-order valence-electron chi connectivity index (χ2n) is 7.03. The second kappa shape index (κ2) is 9.97. The molecule has 1 atom stereocenters. The summed E-state index contributed by atoms with van der Waals surface area (Å²) in [5.41, 5.74) is 4.10. The Labute approximate surface area is 196 Å². The van der Waals surface area contributed by atoms with Gasteiger partial charge in [-0.25, -0.2) is 0 Å². The number of para-hydroxylation sites is 1. The fraction of sp³-hybridized carbons (Fsp3) is 0.174. The number of benzodiazepines with no additional fused rings is 1. The molecule has 0 radical (unpaired) electrons. The molecule has 2 heterocycles. The average molecular weight is 471 g/mol. The van der Waals surface area contributed by atoms with E-state index in [1.165, 1.54) is 11.3 Å². The van der Waals surface area contributed by atoms with Crippen LogP contribution in [0, 0.1) is 11.3 Å². The summed E-state index contributed by atoms with van der Waals surface area (Å²) in [5.74, 6) is -0.181. The van der Waals surface area contributed by atoms with Crippen LogP contribution in [0.25, 0.3) is 0 Å². The molecule has 158 valence electrons. The molecule has 0 aliphatic carbocycles. The lowest BCUT2D eigenvalue weighted by atomic mass is 10.1. The van der Waals surface area contributed by atoms with E-state index in [9.17, 15) is 4.79 Å². The number of hydrogen-bond acceptors (Lipinski definition) is 5. The zero-order valence-corrected chi connectivity index (χ0v) is 19.1. The number of fused-ring (bicyclic) bond motifs is 1. The summed E-state index contributed by atoms with van der Waals surface area (Å²) in [6, 6.07) is 20.6. The minimum atomic E-state index is -0.181. The number of carbonyl (C=O) groups excluding carboxylic acids is 1. The number of nitriles is 1. The summed E-state index contributed by atoms with van der Waals surface area (Å²) in [4.78, 5) is 20.7. The van der Waals surface area contributed by atoms with Crippen LogP contribution < -0.4 is 10.2 Å². The molecule has 0 spiro atoms. The number of carbonyl (C=O) groups is 1. The van der Waals surface area contributed by atoms with Crippen LogP contribution in [-0.4, -0.2) is 37.8 Å². The Morgan fingerprint density at radius 1 is 1.23 bits per heavy atom. The molecule has 0 bridgehead atoms. The molecule has 2 aromatic carbocycles. The van der Waals surface area contributed by atoms with Crippen LogP contribution >= 0.6 is 35.3 Å². The van der Waals surface area contributed by atoms with Crippen LogP contribution in [0.2, 0.25) is 4.34 Å². The number of aliphatic imine (C=N–C) groups is 1. The summed E-state index contributed by atoms with van der Waals surface area (Å²) >= 11 is 7.68. The number of nitrogens with one attached hydrogen (secondary N) is 1. The van der Waals surface area contributed by atoms with Gasteiger partial charge in [0, 0.05) is 37.0 Å². The Morgan fingerprint density at radius 3 is 2.65 bits per heavy atom. The Hall–Kier alpha value is -2.85. The maximum absolute atomic E-state index is 12.6. The molecule has 4 rings (SSSR count). The first-order valence-electron chi connectivity index (χ1n) is 9.47. The first-order chi connectivity index (χ1) is 14.5. The Kier molecular flexibility index (Phi) is 7.34. The maximum atomic E-state index is 12.6. The lowest BCUT2D eigenvalue weighted by Gasteiger charge is -2.22. The summed E-state index contributed by atoms with van der Waals surface area (Å²) in [6.07, 6.45) is 0. The minimum absolute atomic E-state index is 0. The van der Waals surface area contributed by atoms with Crippen LogP contribution in [-0.2, 0) is 0 Å². The SMILES string of the molecule is CN1CC(CNC(=O)c2ccc(C#N)cc2)N=C(c2ccc(Cl)s2)c2ccccc21.Cl. The highest BCUT2D eigenvalue weighted by Gasteiger charge is 2.24. The van der Waals surface area contributed by atoms with E-state index in [2.05, 4.69) is 28.4 Å². The number of halogens is 2. The Balaban J connectivity index is 0.00000272. The van der Waals surface area contributed by atoms with Gasteiger partial charge in [0.05, 0.1) is 32.6 Å². The third-order valence-electron chi connectivity index (χ3n) is 4.95. The van der Waals surface area contributed by atoms with Gasteiger partial charge in [-0.2, -0.15) is 5.26 Å². The highest BCUT2D eigenvalue weighted by Crippen LogP contribution is 2.31. The molecule has 1 N–H and O–H groups in total. The molecule has 1 aliphatic heterocycles. The third kappa shape index (κ3) is 5.08. The zero-order chi connectivity index (χ0) is 21.1. The van der Waals surface area contributed by atoms with Crippen LogP contribution in [0.1, 0.15) is 26.4 Å². The van der Waals surface area contributed by atoms with Crippen molar-refractivity contribution in [3.8, 4) is 6.07 Å². The molecular weight excluding hydrogens is 451 g/mol. The van der Waals surface area contributed by atoms with Crippen molar-refractivity contribution < 1.29 is 4.79 Å². The lowest BCUT2D eigenvalue weighted by molar-refractivity contribution is 0.0951. The normalized spacial score (nSPS) is 15.1. The fourth-order valence-corrected chi connectivity index (χ4v) is 4.52. The van der Waals surface area contributed by atoms with Crippen molar-refractivity contribution in [2.75, 3.05) is 25.0 Å². The lowest BCUT2D eigenvalue weighted by Crippen LogP contribution is -2.37. The number of hydrogen-bond donors (Lipinski definition) is 1. The molecule has 31 heavy (non-hydrogen) atoms. The Morgan fingerprint density at radius 2 is 1.97 bits per heavy atom. The monoisotopic (exact) mass is 470 g/mol. The van der Waals surface area contributed by atoms with Crippen molar-refractivity contribution in [2.45, 2.75) is 6.04 Å². The standard InChI is InChI=1S/C23H19ClN4OS.ClH/c1-28-14-17(13-26-23(29)16-8-6-15(12-25)7-9-16)27-22(20-10-11-21(24)30-20)18-4-2-3-5-19(18)28;/h2-11,17H,13-14H2,1H3,(H,26,29);1H. The van der Waals surface area contributed by atoms with E-state index < -0.39 is 0 Å². The van der Waals surface area contributed by atoms with Gasteiger partial charge < -0.3 is 10.2 Å². The number of rotatable bonds is 4. The van der Waals surface area contributed by atoms with Gasteiger partial charge in [0.25, 0.3) is 5.91 Å². The van der Waals surface area contributed by atoms with Crippen molar-refractivity contribution in [2.24, 2.45) is 4.99 Å². The van der Waals surface area contributed by atoms with Crippen molar-refractivity contribution in [3.63, 3.8) is 0 Å². The minimum Gasteiger partial charge on any atom is -0.372 e. The van der Waals surface area contributed by atoms with Crippen LogP contribution in [0.15, 0.2) is 65.7 Å². The van der Waals surface area contributed by atoms with Crippen LogP contribution in [0.3, 0.4) is 0 Å². The van der Waals surface area contributed by atoms with Crippen LogP contribution in [0.4, 0.5) is 5.69 Å². The highest BCUT2D eigenvalue weighted by atomic mass is 35.5. The predicted octanol–water partition coefficient (Wildman–Crippen LogP) is 4.78. The topological polar surface area (TPSA) is 68.5 Å². The smallest absolute Gasteiger partial charge is 0.251 e. The van der Waals surface area contributed by atoms with E-state index in [1.54, 1.807) is 24.3 Å². The molecule has 3 aromatic rings. The molecule has 8 heteroatoms. The molecule has 1 unspecified atom stereocenters. The third-order valence-corrected chi connectivity index (χ3v) is 6.19. The molecule has 1 aliphatic rings. The first kappa shape index (κ1) is 22.8. The van der Waals surface area contributed by atoms with E-state index >= 15 is 0 Å². The van der Waals surface area contributed by atoms with Gasteiger partial charge in [-0.05, 0) is 42.5 Å². The van der Waals surface area contributed by atoms with Gasteiger partial charge >= 0.3 is 0 Å². The molecular formula is C23H20Cl2N4OS. The van der Waals surface area contributed by atoms with Gasteiger partial charge in [-0.1, -0.05) is 29.8 Å². The summed E-state index contributed by atoms with van der Waals surface area (Å²) in [6.45, 7) is 1.08. The van der Waals surface area contributed by atoms with Gasteiger partial charge in [-0.3, -0.25) is 9.79 Å². The molecule has 1 amide bonds. The highest BCUT2D eigenvalue weighted by molar-refractivity contribution is 7.18. The van der Waals surface area contributed by atoms with Gasteiger partial charge in [0.2, 0.25) is 0 Å². The number of nitrogens with zero attached hydrogens (tertiary/aromatic N) is 3. The molecule has 1 aromatic heterocycles. The first-order valence-corrected chi connectivity index (χ1v) is 10.7. The summed E-state index contributed by atoms with van der Waals surface area (Å²) < 4.78 is 0.716. The van der Waals surface area contributed by atoms with Crippen molar-refractivity contribution >= 4 is 52.7 Å². The second-order valence-corrected chi connectivity index (χ2v) is 8.75. The van der Waals surface area contributed by atoms with E-state index in [0.717, 1.165) is 21.8 Å². The summed E-state index contributed by atoms with van der Waals surface area (Å²) in [7, 11) is 2.04. The van der Waals surface area contributed by atoms with Crippen molar-refractivity contribution in [1.29, 1.82) is 5.26 Å². The van der Waals surface area contributed by atoms with E-state index in [1.807, 2.05) is 31.3 Å². The van der Waals surface area contributed by atoms with E-state index in [-0.39, 0.29) is 24.4 Å². The number of amides is 1. The number of likely N-dealkylation sites (N-methyl/N-ethyl adjacent to an activating group) is 1. The zero-order valence-electron chi connectivity index (χ0n) is 16.7. The van der Waals surface area contributed by atoms with E-state index in [4.69, 9.17) is 21.9 Å². The van der Waals surface area contributed by atoms with Gasteiger partial charge in [0.1, 0.15) is 0 Å². The number of benzene rings is 2. The van der Waals surface area contributed by atoms with Crippen LogP contribution in [0.5, 0.6) is 0 Å². The number of anilines is 1. The maximum Gasteiger partial charge on any atom is 0.251 e. The molecule has 0 fully saturated rings. The molecule has 0 saturated heterocycles. The van der Waals surface area contributed by atoms with Crippen molar-refractivity contribution in [1.82, 2.24) is 5.32 Å². The number of thiophene rings is 1. The van der Waals surface area contributed by atoms with Crippen molar-refractivity contribution in [3.05, 3.63) is 86.6 Å². The predicted molar refractivity (Wildman–Crippen MR) is 129 cm³/mol. The molecule has 0 saturated carbocycles. The summed E-state index contributed by atoms with van der Waals surface area (Å²) in [5, 5.41) is 11.9. The van der Waals surface area contributed by atoms with E-state index in [0.29, 0.717) is 28.6 Å². The largest absolute Gasteiger partial charge is 0.372 e. The Bertz CT molecular complexity index is 1150.